The van der Waals surface area contributed by atoms with Crippen molar-refractivity contribution in [1.82, 2.24) is 0 Å². The van der Waals surface area contributed by atoms with Gasteiger partial charge in [-0.25, -0.2) is 0 Å². The molecule has 0 aromatic heterocycles. The van der Waals surface area contributed by atoms with E-state index in [1.54, 1.807) is 6.07 Å². The maximum Gasteiger partial charge on any atom is 0.153 e. The summed E-state index contributed by atoms with van der Waals surface area (Å²) >= 11 is 0. The van der Waals surface area contributed by atoms with Gasteiger partial charge in [0.05, 0.1) is 0 Å². The molecule has 0 atom stereocenters. The number of nitrogens with zero attached hydrogens (tertiary/aromatic N) is 1. The average molecular weight is 123 g/mol. The Balaban J connectivity index is 4.01. The summed E-state index contributed by atoms with van der Waals surface area (Å²) in [6, 6.07) is 1.61. The first-order valence-corrected chi connectivity index (χ1v) is 2.26. The van der Waals surface area contributed by atoms with E-state index in [4.69, 9.17) is 11.7 Å². The van der Waals surface area contributed by atoms with Crippen LogP contribution >= 0.6 is 0 Å². The molecular formula is C9HN. The van der Waals surface area contributed by atoms with E-state index in [1.807, 2.05) is 0 Å². The summed E-state index contributed by atoms with van der Waals surface area (Å²) in [6.07, 6.45) is 4.79. The molecule has 0 aliphatic rings. The first-order valence-electron chi connectivity index (χ1n) is 2.26. The molecule has 0 fully saturated rings. The van der Waals surface area contributed by atoms with Crippen LogP contribution in [0.2, 0.25) is 0 Å². The average Bonchev–Trinajstić information content (AvgIpc) is 1.97. The van der Waals surface area contributed by atoms with Crippen molar-refractivity contribution >= 4 is 0 Å². The van der Waals surface area contributed by atoms with Crippen molar-refractivity contribution in [2.24, 2.45) is 0 Å². The fourth-order valence-electron chi connectivity index (χ4n) is 0.189. The summed E-state index contributed by atoms with van der Waals surface area (Å²) < 4.78 is 0. The molecule has 0 aromatic rings. The van der Waals surface area contributed by atoms with Crippen molar-refractivity contribution in [1.29, 1.82) is 5.26 Å². The lowest BCUT2D eigenvalue weighted by Gasteiger charge is -1.51. The smallest absolute Gasteiger partial charge is 0.153 e. The fourth-order valence-corrected chi connectivity index (χ4v) is 0.189. The van der Waals surface area contributed by atoms with Gasteiger partial charge in [0.15, 0.2) is 6.07 Å². The van der Waals surface area contributed by atoms with Crippen LogP contribution in [0.4, 0.5) is 0 Å². The van der Waals surface area contributed by atoms with Gasteiger partial charge in [0.2, 0.25) is 0 Å². The molecule has 0 aromatic carbocycles. The second kappa shape index (κ2) is 6.73. The number of terminal acetylenes is 1. The molecule has 0 spiro atoms. The van der Waals surface area contributed by atoms with Gasteiger partial charge in [-0.3, -0.25) is 0 Å². The van der Waals surface area contributed by atoms with Gasteiger partial charge in [0.1, 0.15) is 0 Å². The summed E-state index contributed by atoms with van der Waals surface area (Å²) in [6.45, 7) is 0. The van der Waals surface area contributed by atoms with Gasteiger partial charge in [0.25, 0.3) is 0 Å². The van der Waals surface area contributed by atoms with Gasteiger partial charge in [-0.2, -0.15) is 5.26 Å². The molecule has 0 bridgehead atoms. The van der Waals surface area contributed by atoms with Gasteiger partial charge < -0.3 is 0 Å². The Labute approximate surface area is 60.0 Å². The molecule has 1 nitrogen and oxygen atoms in total. The first-order chi connectivity index (χ1) is 4.91. The summed E-state index contributed by atoms with van der Waals surface area (Å²) in [4.78, 5) is 0. The van der Waals surface area contributed by atoms with Gasteiger partial charge >= 0.3 is 0 Å². The maximum atomic E-state index is 7.91. The highest BCUT2D eigenvalue weighted by molar-refractivity contribution is 5.40. The molecule has 0 unspecified atom stereocenters. The van der Waals surface area contributed by atoms with Gasteiger partial charge in [-0.1, -0.05) is 0 Å². The molecule has 0 saturated carbocycles. The van der Waals surface area contributed by atoms with Crippen LogP contribution in [0.3, 0.4) is 0 Å². The monoisotopic (exact) mass is 123 g/mol. The Morgan fingerprint density at radius 3 is 1.80 bits per heavy atom. The van der Waals surface area contributed by atoms with Crippen LogP contribution in [0.5, 0.6) is 0 Å². The number of hydrogen-bond donors (Lipinski definition) is 0. The third-order valence-electron chi connectivity index (χ3n) is 0.441. The molecule has 0 saturated heterocycles. The summed E-state index contributed by atoms with van der Waals surface area (Å²) in [5.74, 6) is 15.7. The Morgan fingerprint density at radius 2 is 1.30 bits per heavy atom. The highest BCUT2D eigenvalue weighted by Gasteiger charge is 1.53. The predicted molar refractivity (Wildman–Crippen MR) is 37.8 cm³/mol. The van der Waals surface area contributed by atoms with Gasteiger partial charge in [-0.05, 0) is 17.8 Å². The quantitative estimate of drug-likeness (QED) is 0.421. The molecule has 0 heterocycles. The van der Waals surface area contributed by atoms with Crippen molar-refractivity contribution in [3.63, 3.8) is 0 Å². The molecular weight excluding hydrogens is 122 g/mol. The van der Waals surface area contributed by atoms with Crippen LogP contribution in [-0.4, -0.2) is 0 Å². The zero-order chi connectivity index (χ0) is 7.66. The molecule has 1 heteroatoms. The lowest BCUT2D eigenvalue weighted by atomic mass is 10.5. The van der Waals surface area contributed by atoms with Crippen molar-refractivity contribution in [3.05, 3.63) is 0 Å². The van der Waals surface area contributed by atoms with Crippen molar-refractivity contribution in [2.75, 3.05) is 0 Å². The second-order valence-electron chi connectivity index (χ2n) is 1.01. The first kappa shape index (κ1) is 7.73. The molecule has 42 valence electrons. The molecule has 0 rings (SSSR count). The van der Waals surface area contributed by atoms with Crippen molar-refractivity contribution < 1.29 is 0 Å². The zero-order valence-corrected chi connectivity index (χ0v) is 5.02. The van der Waals surface area contributed by atoms with E-state index in [-0.39, 0.29) is 0 Å². The zero-order valence-electron chi connectivity index (χ0n) is 5.02. The van der Waals surface area contributed by atoms with Crippen molar-refractivity contribution in [2.45, 2.75) is 0 Å². The lowest BCUT2D eigenvalue weighted by molar-refractivity contribution is 1.55. The Morgan fingerprint density at radius 1 is 0.800 bits per heavy atom. The highest BCUT2D eigenvalue weighted by atomic mass is 14.2. The number of rotatable bonds is 0. The van der Waals surface area contributed by atoms with E-state index in [0.29, 0.717) is 0 Å². The second-order valence-corrected chi connectivity index (χ2v) is 1.01. The molecule has 0 aliphatic heterocycles. The van der Waals surface area contributed by atoms with Crippen LogP contribution in [0.1, 0.15) is 0 Å². The van der Waals surface area contributed by atoms with E-state index >= 15 is 0 Å². The molecule has 0 amide bonds. The largest absolute Gasteiger partial charge is 0.183 e. The van der Waals surface area contributed by atoms with E-state index < -0.39 is 0 Å². The van der Waals surface area contributed by atoms with E-state index in [1.165, 1.54) is 0 Å². The van der Waals surface area contributed by atoms with E-state index in [2.05, 4.69) is 41.4 Å². The Hall–Kier alpha value is -2.27. The normalized spacial score (nSPS) is 3.40. The number of hydrogen-bond acceptors (Lipinski definition) is 1. The van der Waals surface area contributed by atoms with Gasteiger partial charge in [-0.15, -0.1) is 6.42 Å². The Kier molecular flexibility index (Phi) is 5.20. The third-order valence-corrected chi connectivity index (χ3v) is 0.441. The minimum Gasteiger partial charge on any atom is -0.183 e. The van der Waals surface area contributed by atoms with E-state index in [9.17, 15) is 0 Å². The summed E-state index contributed by atoms with van der Waals surface area (Å²) in [5.41, 5.74) is 0. The minimum absolute atomic E-state index is 1.61. The van der Waals surface area contributed by atoms with Crippen LogP contribution in [0, 0.1) is 59.2 Å². The molecule has 10 heavy (non-hydrogen) atoms. The summed E-state index contributed by atoms with van der Waals surface area (Å²) in [7, 11) is 0. The van der Waals surface area contributed by atoms with Crippen LogP contribution in [0.15, 0.2) is 0 Å². The third kappa shape index (κ3) is 5.73. The molecule has 0 N–H and O–H groups in total. The maximum absolute atomic E-state index is 7.91. The van der Waals surface area contributed by atoms with Crippen LogP contribution in [0.25, 0.3) is 0 Å². The SMILES string of the molecule is C#CC#CC#CC#CC#N. The minimum atomic E-state index is 1.61. The molecule has 0 aliphatic carbocycles. The van der Waals surface area contributed by atoms with Crippen LogP contribution < -0.4 is 0 Å². The predicted octanol–water partition coefficient (Wildman–Crippen LogP) is 0.153. The molecule has 0 radical (unpaired) electrons. The van der Waals surface area contributed by atoms with E-state index in [0.717, 1.165) is 0 Å². The van der Waals surface area contributed by atoms with Crippen molar-refractivity contribution in [3.8, 4) is 53.9 Å². The topological polar surface area (TPSA) is 23.8 Å². The highest BCUT2D eigenvalue weighted by Crippen LogP contribution is 1.52. The lowest BCUT2D eigenvalue weighted by Crippen LogP contribution is -1.51. The van der Waals surface area contributed by atoms with Crippen LogP contribution in [-0.2, 0) is 0 Å². The number of nitriles is 1. The summed E-state index contributed by atoms with van der Waals surface area (Å²) in [5, 5.41) is 7.91. The van der Waals surface area contributed by atoms with Gasteiger partial charge in [0, 0.05) is 23.7 Å². The Bertz CT molecular complexity index is 319. The standard InChI is InChI=1S/C9HN/c1-2-3-4-5-6-7-8-9-10/h1H. The fraction of sp³-hybridized carbons (Fsp3) is 0.